The molecule has 0 spiro atoms. The van der Waals surface area contributed by atoms with Crippen molar-refractivity contribution in [3.63, 3.8) is 0 Å². The zero-order valence-corrected chi connectivity index (χ0v) is 10.7. The molecule has 100 valence electrons. The molecule has 7 nitrogen and oxygen atoms in total. The van der Waals surface area contributed by atoms with Crippen LogP contribution in [0, 0.1) is 0 Å². The number of hydrogen-bond donors (Lipinski definition) is 2. The Balaban J connectivity index is 2.80. The first kappa shape index (κ1) is 14.0. The van der Waals surface area contributed by atoms with E-state index >= 15 is 0 Å². The number of carbonyl (C=O) groups excluding carboxylic acids is 1. The van der Waals surface area contributed by atoms with Gasteiger partial charge in [-0.05, 0) is 27.2 Å². The Kier molecular flexibility index (Phi) is 3.95. The minimum Gasteiger partial charge on any atom is -0.475 e. The monoisotopic (exact) mass is 256 g/mol. The number of oxazole rings is 1. The van der Waals surface area contributed by atoms with Crippen LogP contribution in [0.5, 0.6) is 0 Å². The summed E-state index contributed by atoms with van der Waals surface area (Å²) in [4.78, 5) is 26.1. The lowest BCUT2D eigenvalue weighted by molar-refractivity contribution is 0.0619. The van der Waals surface area contributed by atoms with Crippen molar-refractivity contribution in [2.75, 3.05) is 5.32 Å². The van der Waals surface area contributed by atoms with E-state index < -0.39 is 17.7 Å². The standard InChI is InChI=1S/C11H16N2O5/c1-5-6-7(8(14)15)17-9(12-6)13-10(16)18-11(2,3)4/h5H2,1-4H3,(H,14,15)(H,12,13,16). The smallest absolute Gasteiger partial charge is 0.415 e. The van der Waals surface area contributed by atoms with Gasteiger partial charge in [0.05, 0.1) is 5.69 Å². The number of nitrogens with one attached hydrogen (secondary N) is 1. The Morgan fingerprint density at radius 1 is 1.44 bits per heavy atom. The number of carboxylic acids is 1. The number of ether oxygens (including phenoxy) is 1. The van der Waals surface area contributed by atoms with Crippen molar-refractivity contribution in [3.8, 4) is 0 Å². The van der Waals surface area contributed by atoms with Crippen LogP contribution in [0.15, 0.2) is 4.42 Å². The van der Waals surface area contributed by atoms with Crippen molar-refractivity contribution in [3.05, 3.63) is 11.5 Å². The van der Waals surface area contributed by atoms with Crippen molar-refractivity contribution in [1.29, 1.82) is 0 Å². The number of nitrogens with zero attached hydrogens (tertiary/aromatic N) is 1. The summed E-state index contributed by atoms with van der Waals surface area (Å²) in [6.45, 7) is 6.87. The van der Waals surface area contributed by atoms with Crippen LogP contribution >= 0.6 is 0 Å². The molecule has 0 fully saturated rings. The van der Waals surface area contributed by atoms with Crippen LogP contribution in [0.3, 0.4) is 0 Å². The highest BCUT2D eigenvalue weighted by molar-refractivity contribution is 5.87. The SMILES string of the molecule is CCc1nc(NC(=O)OC(C)(C)C)oc1C(=O)O. The van der Waals surface area contributed by atoms with Gasteiger partial charge in [0.2, 0.25) is 5.76 Å². The zero-order chi connectivity index (χ0) is 13.9. The van der Waals surface area contributed by atoms with Crippen molar-refractivity contribution >= 4 is 18.1 Å². The molecule has 1 amide bonds. The van der Waals surface area contributed by atoms with Crippen LogP contribution in [0.2, 0.25) is 0 Å². The topological polar surface area (TPSA) is 102 Å². The lowest BCUT2D eigenvalue weighted by Gasteiger charge is -2.18. The van der Waals surface area contributed by atoms with Crippen LogP contribution < -0.4 is 5.32 Å². The van der Waals surface area contributed by atoms with E-state index in [-0.39, 0.29) is 17.5 Å². The molecule has 0 aliphatic heterocycles. The lowest BCUT2D eigenvalue weighted by atomic mass is 10.2. The van der Waals surface area contributed by atoms with E-state index in [4.69, 9.17) is 14.3 Å². The van der Waals surface area contributed by atoms with Crippen molar-refractivity contribution in [1.82, 2.24) is 4.98 Å². The summed E-state index contributed by atoms with van der Waals surface area (Å²) in [5, 5.41) is 11.1. The van der Waals surface area contributed by atoms with Crippen LogP contribution in [0.4, 0.5) is 10.8 Å². The van der Waals surface area contributed by atoms with Crippen LogP contribution in [0.1, 0.15) is 43.9 Å². The molecule has 0 aromatic carbocycles. The summed E-state index contributed by atoms with van der Waals surface area (Å²) in [6.07, 6.45) is -0.357. The third-order valence-corrected chi connectivity index (χ3v) is 1.83. The summed E-state index contributed by atoms with van der Waals surface area (Å²) in [6, 6.07) is -0.182. The minimum absolute atomic E-state index is 0.182. The van der Waals surface area contributed by atoms with E-state index in [1.165, 1.54) is 0 Å². The Bertz CT molecular complexity index is 458. The molecule has 1 aromatic rings. The van der Waals surface area contributed by atoms with Gasteiger partial charge in [0.1, 0.15) is 5.60 Å². The molecule has 7 heteroatoms. The van der Waals surface area contributed by atoms with Gasteiger partial charge < -0.3 is 14.3 Å². The second kappa shape index (κ2) is 5.07. The number of rotatable bonds is 3. The molecular formula is C11H16N2O5. The van der Waals surface area contributed by atoms with Gasteiger partial charge in [-0.3, -0.25) is 0 Å². The highest BCUT2D eigenvalue weighted by Crippen LogP contribution is 2.17. The molecule has 1 aromatic heterocycles. The number of anilines is 1. The third kappa shape index (κ3) is 3.76. The van der Waals surface area contributed by atoms with E-state index in [9.17, 15) is 9.59 Å². The molecule has 0 saturated carbocycles. The summed E-state index contributed by atoms with van der Waals surface area (Å²) >= 11 is 0. The van der Waals surface area contributed by atoms with Crippen molar-refractivity contribution in [2.24, 2.45) is 0 Å². The van der Waals surface area contributed by atoms with Gasteiger partial charge in [-0.2, -0.15) is 4.98 Å². The molecule has 0 radical (unpaired) electrons. The van der Waals surface area contributed by atoms with Crippen LogP contribution in [-0.4, -0.2) is 27.8 Å². The van der Waals surface area contributed by atoms with Gasteiger partial charge in [-0.25, -0.2) is 14.9 Å². The Morgan fingerprint density at radius 3 is 2.44 bits per heavy atom. The predicted octanol–water partition coefficient (Wildman–Crippen LogP) is 2.28. The first-order chi connectivity index (χ1) is 8.23. The van der Waals surface area contributed by atoms with Gasteiger partial charge in [0.25, 0.3) is 0 Å². The highest BCUT2D eigenvalue weighted by atomic mass is 16.6. The van der Waals surface area contributed by atoms with Gasteiger partial charge in [0, 0.05) is 0 Å². The number of aromatic carboxylic acids is 1. The summed E-state index contributed by atoms with van der Waals surface area (Å²) in [7, 11) is 0. The Labute approximate surface area is 104 Å². The second-order valence-corrected chi connectivity index (χ2v) is 4.58. The van der Waals surface area contributed by atoms with Gasteiger partial charge >= 0.3 is 18.1 Å². The van der Waals surface area contributed by atoms with E-state index in [1.807, 2.05) is 0 Å². The number of aryl methyl sites for hydroxylation is 1. The lowest BCUT2D eigenvalue weighted by Crippen LogP contribution is -2.27. The molecule has 0 aliphatic rings. The quantitative estimate of drug-likeness (QED) is 0.860. The fourth-order valence-corrected chi connectivity index (χ4v) is 1.20. The molecule has 0 unspecified atom stereocenters. The maximum atomic E-state index is 11.4. The molecule has 0 bridgehead atoms. The molecule has 0 saturated heterocycles. The van der Waals surface area contributed by atoms with Gasteiger partial charge in [-0.15, -0.1) is 0 Å². The summed E-state index contributed by atoms with van der Waals surface area (Å²) in [5.74, 6) is -1.50. The number of hydrogen-bond acceptors (Lipinski definition) is 5. The second-order valence-electron chi connectivity index (χ2n) is 4.58. The number of aromatic nitrogens is 1. The number of carbonyl (C=O) groups is 2. The largest absolute Gasteiger partial charge is 0.475 e. The fraction of sp³-hybridized carbons (Fsp3) is 0.545. The van der Waals surface area contributed by atoms with Crippen LogP contribution in [0.25, 0.3) is 0 Å². The molecule has 1 rings (SSSR count). The van der Waals surface area contributed by atoms with E-state index in [1.54, 1.807) is 27.7 Å². The number of amides is 1. The molecule has 1 heterocycles. The predicted molar refractivity (Wildman–Crippen MR) is 62.7 cm³/mol. The first-order valence-corrected chi connectivity index (χ1v) is 5.46. The van der Waals surface area contributed by atoms with E-state index in [0.29, 0.717) is 6.42 Å². The normalized spacial score (nSPS) is 11.1. The Hall–Kier alpha value is -2.05. The van der Waals surface area contributed by atoms with Crippen molar-refractivity contribution in [2.45, 2.75) is 39.7 Å². The molecule has 2 N–H and O–H groups in total. The van der Waals surface area contributed by atoms with Crippen molar-refractivity contribution < 1.29 is 23.8 Å². The molecule has 0 aliphatic carbocycles. The van der Waals surface area contributed by atoms with E-state index in [2.05, 4.69) is 10.3 Å². The fourth-order valence-electron chi connectivity index (χ4n) is 1.20. The maximum absolute atomic E-state index is 11.4. The maximum Gasteiger partial charge on any atom is 0.415 e. The van der Waals surface area contributed by atoms with Gasteiger partial charge in [0.15, 0.2) is 0 Å². The highest BCUT2D eigenvalue weighted by Gasteiger charge is 2.21. The average Bonchev–Trinajstić information content (AvgIpc) is 2.57. The molecular weight excluding hydrogens is 240 g/mol. The average molecular weight is 256 g/mol. The zero-order valence-electron chi connectivity index (χ0n) is 10.7. The summed E-state index contributed by atoms with van der Waals surface area (Å²) in [5.41, 5.74) is -0.381. The van der Waals surface area contributed by atoms with Crippen LogP contribution in [-0.2, 0) is 11.2 Å². The first-order valence-electron chi connectivity index (χ1n) is 5.46. The number of carboxylic acid groups (broad SMARTS) is 1. The summed E-state index contributed by atoms with van der Waals surface area (Å²) < 4.78 is 9.92. The molecule has 18 heavy (non-hydrogen) atoms. The molecule has 0 atom stereocenters. The van der Waals surface area contributed by atoms with Gasteiger partial charge in [-0.1, -0.05) is 6.92 Å². The minimum atomic E-state index is -1.23. The Morgan fingerprint density at radius 2 is 2.06 bits per heavy atom. The third-order valence-electron chi connectivity index (χ3n) is 1.83. The van der Waals surface area contributed by atoms with E-state index in [0.717, 1.165) is 0 Å².